The standard InChI is InChI=1S/C8H5ClF3NO/c9-2-4-1-5(7(10)11)8(12)13-6(4)3-14/h1,3,7H,2H2. The number of aromatic nitrogens is 1. The monoisotopic (exact) mass is 223 g/mol. The highest BCUT2D eigenvalue weighted by molar-refractivity contribution is 6.17. The SMILES string of the molecule is O=Cc1nc(F)c(C(F)F)cc1CCl. The lowest BCUT2D eigenvalue weighted by Gasteiger charge is -2.05. The molecule has 0 aliphatic heterocycles. The molecular formula is C8H5ClF3NO. The lowest BCUT2D eigenvalue weighted by molar-refractivity contribution is 0.111. The Morgan fingerprint density at radius 2 is 2.21 bits per heavy atom. The third-order valence-corrected chi connectivity index (χ3v) is 1.89. The van der Waals surface area contributed by atoms with E-state index in [-0.39, 0.29) is 23.4 Å². The van der Waals surface area contributed by atoms with Crippen LogP contribution in [0.25, 0.3) is 0 Å². The fourth-order valence-electron chi connectivity index (χ4n) is 0.925. The summed E-state index contributed by atoms with van der Waals surface area (Å²) in [7, 11) is 0. The molecule has 1 aromatic heterocycles. The fraction of sp³-hybridized carbons (Fsp3) is 0.250. The smallest absolute Gasteiger partial charge is 0.268 e. The van der Waals surface area contributed by atoms with Crippen molar-refractivity contribution in [3.63, 3.8) is 0 Å². The summed E-state index contributed by atoms with van der Waals surface area (Å²) in [5.41, 5.74) is -0.994. The van der Waals surface area contributed by atoms with Crippen molar-refractivity contribution >= 4 is 17.9 Å². The van der Waals surface area contributed by atoms with E-state index in [1.165, 1.54) is 0 Å². The minimum absolute atomic E-state index is 0.0957. The molecule has 0 saturated heterocycles. The maximum Gasteiger partial charge on any atom is 0.268 e. The average molecular weight is 224 g/mol. The second kappa shape index (κ2) is 4.41. The predicted octanol–water partition coefficient (Wildman–Crippen LogP) is 2.71. The van der Waals surface area contributed by atoms with Gasteiger partial charge in [0.15, 0.2) is 6.29 Å². The van der Waals surface area contributed by atoms with Gasteiger partial charge in [0, 0.05) is 5.88 Å². The lowest BCUT2D eigenvalue weighted by Crippen LogP contribution is -2.02. The van der Waals surface area contributed by atoms with Gasteiger partial charge in [-0.05, 0) is 11.6 Å². The molecule has 0 unspecified atom stereocenters. The topological polar surface area (TPSA) is 30.0 Å². The minimum atomic E-state index is -2.97. The van der Waals surface area contributed by atoms with Gasteiger partial charge in [0.1, 0.15) is 5.69 Å². The fourth-order valence-corrected chi connectivity index (χ4v) is 1.14. The van der Waals surface area contributed by atoms with Crippen molar-refractivity contribution in [2.45, 2.75) is 12.3 Å². The Balaban J connectivity index is 3.30. The van der Waals surface area contributed by atoms with E-state index in [0.717, 1.165) is 6.07 Å². The van der Waals surface area contributed by atoms with Gasteiger partial charge >= 0.3 is 0 Å². The first kappa shape index (κ1) is 11.0. The Morgan fingerprint density at radius 1 is 1.57 bits per heavy atom. The van der Waals surface area contributed by atoms with Crippen LogP contribution in [0.3, 0.4) is 0 Å². The third-order valence-electron chi connectivity index (χ3n) is 1.61. The summed E-state index contributed by atoms with van der Waals surface area (Å²) in [6.07, 6.45) is -2.69. The first-order valence-corrected chi connectivity index (χ1v) is 4.12. The molecule has 0 fully saturated rings. The van der Waals surface area contributed by atoms with Crippen molar-refractivity contribution in [2.75, 3.05) is 0 Å². The van der Waals surface area contributed by atoms with E-state index >= 15 is 0 Å². The van der Waals surface area contributed by atoms with Crippen LogP contribution in [0.5, 0.6) is 0 Å². The van der Waals surface area contributed by atoms with Crippen LogP contribution in [-0.2, 0) is 5.88 Å². The Kier molecular flexibility index (Phi) is 3.46. The van der Waals surface area contributed by atoms with Gasteiger partial charge in [-0.2, -0.15) is 4.39 Å². The number of pyridine rings is 1. The number of aldehydes is 1. The Labute approximate surface area is 82.7 Å². The van der Waals surface area contributed by atoms with Crippen molar-refractivity contribution in [3.8, 4) is 0 Å². The van der Waals surface area contributed by atoms with Gasteiger partial charge in [-0.25, -0.2) is 13.8 Å². The van der Waals surface area contributed by atoms with Gasteiger partial charge in [0.2, 0.25) is 5.95 Å². The van der Waals surface area contributed by atoms with Gasteiger partial charge in [0.05, 0.1) is 5.56 Å². The van der Waals surface area contributed by atoms with Crippen LogP contribution in [-0.4, -0.2) is 11.3 Å². The average Bonchev–Trinajstić information content (AvgIpc) is 2.16. The van der Waals surface area contributed by atoms with Crippen molar-refractivity contribution in [1.29, 1.82) is 0 Å². The van der Waals surface area contributed by atoms with Crippen molar-refractivity contribution in [2.24, 2.45) is 0 Å². The molecule has 76 valence electrons. The van der Waals surface area contributed by atoms with Crippen LogP contribution in [0.15, 0.2) is 6.07 Å². The second-order valence-electron chi connectivity index (χ2n) is 2.46. The number of nitrogens with zero attached hydrogens (tertiary/aromatic N) is 1. The molecule has 0 aliphatic carbocycles. The maximum absolute atomic E-state index is 12.8. The molecule has 2 nitrogen and oxygen atoms in total. The van der Waals surface area contributed by atoms with Gasteiger partial charge < -0.3 is 0 Å². The zero-order chi connectivity index (χ0) is 10.7. The number of carbonyl (C=O) groups is 1. The molecule has 0 bridgehead atoms. The molecule has 0 radical (unpaired) electrons. The number of hydrogen-bond acceptors (Lipinski definition) is 2. The van der Waals surface area contributed by atoms with E-state index in [9.17, 15) is 18.0 Å². The molecule has 1 rings (SSSR count). The zero-order valence-corrected chi connectivity index (χ0v) is 7.56. The van der Waals surface area contributed by atoms with Crippen LogP contribution >= 0.6 is 11.6 Å². The molecule has 0 saturated carbocycles. The molecule has 0 amide bonds. The quantitative estimate of drug-likeness (QED) is 0.448. The molecule has 0 aromatic carbocycles. The summed E-state index contributed by atoms with van der Waals surface area (Å²) in [4.78, 5) is 13.4. The van der Waals surface area contributed by atoms with Gasteiger partial charge in [-0.3, -0.25) is 4.79 Å². The van der Waals surface area contributed by atoms with E-state index in [2.05, 4.69) is 4.98 Å². The van der Waals surface area contributed by atoms with Crippen molar-refractivity contribution in [1.82, 2.24) is 4.98 Å². The van der Waals surface area contributed by atoms with Crippen LogP contribution in [0.4, 0.5) is 13.2 Å². The van der Waals surface area contributed by atoms with Crippen LogP contribution in [0, 0.1) is 5.95 Å². The highest BCUT2D eigenvalue weighted by atomic mass is 35.5. The van der Waals surface area contributed by atoms with Gasteiger partial charge in [-0.1, -0.05) is 0 Å². The molecule has 0 N–H and O–H groups in total. The summed E-state index contributed by atoms with van der Waals surface area (Å²) in [5, 5.41) is 0. The number of rotatable bonds is 3. The molecular weight excluding hydrogens is 219 g/mol. The van der Waals surface area contributed by atoms with E-state index < -0.39 is 17.9 Å². The molecule has 6 heteroatoms. The Bertz CT molecular complexity index is 357. The van der Waals surface area contributed by atoms with E-state index in [0.29, 0.717) is 0 Å². The Morgan fingerprint density at radius 3 is 2.64 bits per heavy atom. The van der Waals surface area contributed by atoms with Crippen molar-refractivity contribution in [3.05, 3.63) is 28.8 Å². The lowest BCUT2D eigenvalue weighted by atomic mass is 10.1. The molecule has 1 heterocycles. The number of alkyl halides is 3. The Hall–Kier alpha value is -1.10. The minimum Gasteiger partial charge on any atom is -0.296 e. The van der Waals surface area contributed by atoms with E-state index in [4.69, 9.17) is 11.6 Å². The molecule has 1 aromatic rings. The predicted molar refractivity (Wildman–Crippen MR) is 44.1 cm³/mol. The summed E-state index contributed by atoms with van der Waals surface area (Å²) in [5.74, 6) is -1.50. The highest BCUT2D eigenvalue weighted by Gasteiger charge is 2.17. The molecule has 14 heavy (non-hydrogen) atoms. The third kappa shape index (κ3) is 2.04. The largest absolute Gasteiger partial charge is 0.296 e. The van der Waals surface area contributed by atoms with Gasteiger partial charge in [-0.15, -0.1) is 11.6 Å². The second-order valence-corrected chi connectivity index (χ2v) is 2.73. The summed E-state index contributed by atoms with van der Waals surface area (Å²) in [6.45, 7) is 0. The van der Waals surface area contributed by atoms with Gasteiger partial charge in [0.25, 0.3) is 6.43 Å². The molecule has 0 spiro atoms. The maximum atomic E-state index is 12.8. The molecule has 0 aliphatic rings. The highest BCUT2D eigenvalue weighted by Crippen LogP contribution is 2.23. The van der Waals surface area contributed by atoms with Crippen LogP contribution in [0.2, 0.25) is 0 Å². The van der Waals surface area contributed by atoms with Crippen molar-refractivity contribution < 1.29 is 18.0 Å². The first-order chi connectivity index (χ1) is 6.60. The van der Waals surface area contributed by atoms with Crippen LogP contribution < -0.4 is 0 Å². The van der Waals surface area contributed by atoms with Crippen LogP contribution in [0.1, 0.15) is 28.0 Å². The number of hydrogen-bond donors (Lipinski definition) is 0. The summed E-state index contributed by atoms with van der Waals surface area (Å²) < 4.78 is 37.1. The normalized spacial score (nSPS) is 10.6. The summed E-state index contributed by atoms with van der Waals surface area (Å²) >= 11 is 5.37. The first-order valence-electron chi connectivity index (χ1n) is 3.58. The zero-order valence-electron chi connectivity index (χ0n) is 6.81. The van der Waals surface area contributed by atoms with E-state index in [1.54, 1.807) is 0 Å². The van der Waals surface area contributed by atoms with E-state index in [1.807, 2.05) is 0 Å². The molecule has 0 atom stereocenters. The summed E-state index contributed by atoms with van der Waals surface area (Å²) in [6, 6.07) is 0.851. The number of halogens is 4. The number of carbonyl (C=O) groups excluding carboxylic acids is 1.